The third kappa shape index (κ3) is 3.08. The van der Waals surface area contributed by atoms with Gasteiger partial charge in [0.25, 0.3) is 0 Å². The summed E-state index contributed by atoms with van der Waals surface area (Å²) in [5, 5.41) is 0.461. The van der Waals surface area contributed by atoms with E-state index in [9.17, 15) is 0 Å². The molecule has 3 heteroatoms. The van der Waals surface area contributed by atoms with E-state index in [4.69, 9.17) is 9.47 Å². The Morgan fingerprint density at radius 2 is 1.89 bits per heavy atom. The van der Waals surface area contributed by atoms with E-state index in [0.717, 1.165) is 12.8 Å². The lowest BCUT2D eigenvalue weighted by atomic mass is 9.93. The molecule has 0 N–H and O–H groups in total. The predicted octanol–water partition coefficient (Wildman–Crippen LogP) is 4.10. The van der Waals surface area contributed by atoms with Gasteiger partial charge in [-0.3, -0.25) is 0 Å². The van der Waals surface area contributed by atoms with E-state index >= 15 is 0 Å². The molecule has 0 radical (unpaired) electrons. The maximum atomic E-state index is 6.15. The zero-order valence-corrected chi connectivity index (χ0v) is 12.4. The summed E-state index contributed by atoms with van der Waals surface area (Å²) < 4.78 is 11.6. The molecule has 18 heavy (non-hydrogen) atoms. The van der Waals surface area contributed by atoms with E-state index < -0.39 is 5.79 Å². The lowest BCUT2D eigenvalue weighted by Gasteiger charge is -2.46. The quantitative estimate of drug-likeness (QED) is 0.820. The summed E-state index contributed by atoms with van der Waals surface area (Å²) in [5.74, 6) is -0.433. The molecule has 1 aliphatic rings. The second-order valence-corrected chi connectivity index (χ2v) is 6.78. The first kappa shape index (κ1) is 13.9. The second kappa shape index (κ2) is 5.24. The number of hydrogen-bond donors (Lipinski definition) is 0. The normalized spacial score (nSPS) is 31.2. The molecule has 0 saturated carbocycles. The molecule has 1 fully saturated rings. The summed E-state index contributed by atoms with van der Waals surface area (Å²) in [6.07, 6.45) is 2.05. The van der Waals surface area contributed by atoms with Crippen LogP contribution in [0.25, 0.3) is 0 Å². The zero-order chi connectivity index (χ0) is 13.2. The summed E-state index contributed by atoms with van der Waals surface area (Å²) in [6, 6.07) is 10.5. The van der Waals surface area contributed by atoms with Gasteiger partial charge < -0.3 is 9.47 Å². The monoisotopic (exact) mass is 266 g/mol. The molecule has 2 rings (SSSR count). The highest BCUT2D eigenvalue weighted by Gasteiger charge is 2.44. The molecule has 2 nitrogen and oxygen atoms in total. The summed E-state index contributed by atoms with van der Waals surface area (Å²) in [4.78, 5) is 1.31. The molecular weight excluding hydrogens is 244 g/mol. The number of rotatable bonds is 3. The lowest BCUT2D eigenvalue weighted by Crippen LogP contribution is -2.51. The number of hydrogen-bond acceptors (Lipinski definition) is 3. The number of ether oxygens (including phenoxy) is 2. The Kier molecular flexibility index (Phi) is 4.05. The Morgan fingerprint density at radius 3 is 2.44 bits per heavy atom. The van der Waals surface area contributed by atoms with Gasteiger partial charge in [-0.05, 0) is 39.3 Å². The van der Waals surface area contributed by atoms with E-state index in [0.29, 0.717) is 5.25 Å². The molecule has 0 amide bonds. The van der Waals surface area contributed by atoms with Crippen molar-refractivity contribution < 1.29 is 9.47 Å². The van der Waals surface area contributed by atoms with Gasteiger partial charge in [0.15, 0.2) is 5.79 Å². The van der Waals surface area contributed by atoms with E-state index in [2.05, 4.69) is 44.2 Å². The number of thioether (sulfide) groups is 1. The fourth-order valence-corrected chi connectivity index (χ4v) is 3.63. The van der Waals surface area contributed by atoms with Crippen molar-refractivity contribution in [2.45, 2.75) is 55.1 Å². The van der Waals surface area contributed by atoms with E-state index in [1.54, 1.807) is 7.11 Å². The van der Waals surface area contributed by atoms with Gasteiger partial charge in [-0.15, -0.1) is 11.8 Å². The van der Waals surface area contributed by atoms with Crippen LogP contribution in [-0.4, -0.2) is 23.7 Å². The molecule has 0 spiro atoms. The number of benzene rings is 1. The zero-order valence-electron chi connectivity index (χ0n) is 11.6. The molecule has 100 valence electrons. The average Bonchev–Trinajstić information content (AvgIpc) is 2.34. The molecule has 0 bridgehead atoms. The van der Waals surface area contributed by atoms with Crippen LogP contribution < -0.4 is 0 Å². The maximum Gasteiger partial charge on any atom is 0.165 e. The minimum atomic E-state index is -0.433. The molecule has 0 aromatic heterocycles. The van der Waals surface area contributed by atoms with Gasteiger partial charge in [0.1, 0.15) is 0 Å². The van der Waals surface area contributed by atoms with Crippen molar-refractivity contribution in [2.75, 3.05) is 7.11 Å². The lowest BCUT2D eigenvalue weighted by molar-refractivity contribution is -0.281. The van der Waals surface area contributed by atoms with Crippen LogP contribution in [0.15, 0.2) is 35.2 Å². The molecular formula is C15H22O2S. The third-order valence-corrected chi connectivity index (χ3v) is 5.20. The Hall–Kier alpha value is -0.510. The van der Waals surface area contributed by atoms with Crippen molar-refractivity contribution in [2.24, 2.45) is 0 Å². The summed E-state index contributed by atoms with van der Waals surface area (Å²) in [7, 11) is 1.72. The van der Waals surface area contributed by atoms with Crippen LogP contribution in [0, 0.1) is 0 Å². The van der Waals surface area contributed by atoms with Crippen LogP contribution in [0.1, 0.15) is 33.6 Å². The van der Waals surface area contributed by atoms with E-state index in [-0.39, 0.29) is 5.60 Å². The van der Waals surface area contributed by atoms with E-state index in [1.807, 2.05) is 18.7 Å². The predicted molar refractivity (Wildman–Crippen MR) is 75.9 cm³/mol. The fraction of sp³-hybridized carbons (Fsp3) is 0.600. The van der Waals surface area contributed by atoms with Gasteiger partial charge in [0, 0.05) is 23.7 Å². The van der Waals surface area contributed by atoms with E-state index in [1.165, 1.54) is 4.90 Å². The van der Waals surface area contributed by atoms with Gasteiger partial charge in [0.2, 0.25) is 0 Å². The Bertz CT molecular complexity index is 391. The van der Waals surface area contributed by atoms with Crippen LogP contribution in [0.3, 0.4) is 0 Å². The van der Waals surface area contributed by atoms with Crippen molar-refractivity contribution in [1.29, 1.82) is 0 Å². The summed E-state index contributed by atoms with van der Waals surface area (Å²) in [6.45, 7) is 6.34. The minimum absolute atomic E-state index is 0.177. The maximum absolute atomic E-state index is 6.15. The SMILES string of the molecule is COC1(C)CCC(Sc2ccccc2)C(C)(C)O1. The molecule has 1 aliphatic heterocycles. The largest absolute Gasteiger partial charge is 0.353 e. The van der Waals surface area contributed by atoms with Crippen LogP contribution >= 0.6 is 11.8 Å². The first-order chi connectivity index (χ1) is 8.45. The standard InChI is InChI=1S/C15H22O2S/c1-14(2)13(10-11-15(3,16-4)17-14)18-12-8-6-5-7-9-12/h5-9,13H,10-11H2,1-4H3. The number of methoxy groups -OCH3 is 1. The Labute approximate surface area is 114 Å². The van der Waals surface area contributed by atoms with Crippen LogP contribution in [0.5, 0.6) is 0 Å². The molecule has 2 atom stereocenters. The highest BCUT2D eigenvalue weighted by Crippen LogP contribution is 2.43. The van der Waals surface area contributed by atoms with Gasteiger partial charge in [-0.2, -0.15) is 0 Å². The van der Waals surface area contributed by atoms with Crippen LogP contribution in [0.2, 0.25) is 0 Å². The van der Waals surface area contributed by atoms with Crippen molar-refractivity contribution in [3.8, 4) is 0 Å². The smallest absolute Gasteiger partial charge is 0.165 e. The van der Waals surface area contributed by atoms with Gasteiger partial charge in [0.05, 0.1) is 5.60 Å². The molecule has 1 aromatic rings. The molecule has 1 saturated heterocycles. The van der Waals surface area contributed by atoms with Crippen LogP contribution in [-0.2, 0) is 9.47 Å². The molecule has 1 heterocycles. The van der Waals surface area contributed by atoms with Crippen molar-refractivity contribution in [3.05, 3.63) is 30.3 Å². The molecule has 0 aliphatic carbocycles. The fourth-order valence-electron chi connectivity index (χ4n) is 2.42. The van der Waals surface area contributed by atoms with Crippen molar-refractivity contribution >= 4 is 11.8 Å². The van der Waals surface area contributed by atoms with Crippen LogP contribution in [0.4, 0.5) is 0 Å². The van der Waals surface area contributed by atoms with Gasteiger partial charge in [-0.1, -0.05) is 18.2 Å². The second-order valence-electron chi connectivity index (χ2n) is 5.50. The molecule has 1 aromatic carbocycles. The Balaban J connectivity index is 2.07. The minimum Gasteiger partial charge on any atom is -0.353 e. The van der Waals surface area contributed by atoms with Gasteiger partial charge >= 0.3 is 0 Å². The van der Waals surface area contributed by atoms with Crippen molar-refractivity contribution in [1.82, 2.24) is 0 Å². The highest BCUT2D eigenvalue weighted by atomic mass is 32.2. The van der Waals surface area contributed by atoms with Crippen molar-refractivity contribution in [3.63, 3.8) is 0 Å². The molecule has 2 unspecified atom stereocenters. The first-order valence-electron chi connectivity index (χ1n) is 6.42. The third-order valence-electron chi connectivity index (χ3n) is 3.57. The first-order valence-corrected chi connectivity index (χ1v) is 7.30. The Morgan fingerprint density at radius 1 is 1.22 bits per heavy atom. The topological polar surface area (TPSA) is 18.5 Å². The average molecular weight is 266 g/mol. The summed E-state index contributed by atoms with van der Waals surface area (Å²) >= 11 is 1.90. The highest BCUT2D eigenvalue weighted by molar-refractivity contribution is 8.00. The van der Waals surface area contributed by atoms with Gasteiger partial charge in [-0.25, -0.2) is 0 Å². The summed E-state index contributed by atoms with van der Waals surface area (Å²) in [5.41, 5.74) is -0.177.